The van der Waals surface area contributed by atoms with E-state index in [1.807, 2.05) is 48.5 Å². The van der Waals surface area contributed by atoms with Crippen molar-refractivity contribution >= 4 is 27.6 Å². The Labute approximate surface area is 136 Å². The standard InChI is InChI=1S/C17H11BrN4/c18-15-6-7-20-16(9-15)22-17-13(10-19)8-14(11-21-17)12-4-2-1-3-5-12/h1-9,11H,(H,20,21,22). The van der Waals surface area contributed by atoms with Gasteiger partial charge in [0, 0.05) is 22.4 Å². The Morgan fingerprint density at radius 2 is 1.82 bits per heavy atom. The topological polar surface area (TPSA) is 61.6 Å². The number of halogens is 1. The second-order valence-electron chi connectivity index (χ2n) is 4.58. The first-order chi connectivity index (χ1) is 10.8. The van der Waals surface area contributed by atoms with Gasteiger partial charge in [-0.25, -0.2) is 9.97 Å². The number of rotatable bonds is 3. The van der Waals surface area contributed by atoms with Gasteiger partial charge in [-0.05, 0) is 23.8 Å². The molecule has 0 spiro atoms. The van der Waals surface area contributed by atoms with E-state index in [1.165, 1.54) is 0 Å². The number of nitrogens with zero attached hydrogens (tertiary/aromatic N) is 3. The van der Waals surface area contributed by atoms with Crippen molar-refractivity contribution in [3.05, 3.63) is 71.0 Å². The van der Waals surface area contributed by atoms with Crippen molar-refractivity contribution in [2.24, 2.45) is 0 Å². The lowest BCUT2D eigenvalue weighted by Crippen LogP contribution is -1.99. The minimum Gasteiger partial charge on any atom is -0.324 e. The van der Waals surface area contributed by atoms with Crippen molar-refractivity contribution in [2.45, 2.75) is 0 Å². The SMILES string of the molecule is N#Cc1cc(-c2ccccc2)cnc1Nc1cc(Br)ccn1. The summed E-state index contributed by atoms with van der Waals surface area (Å²) in [6.07, 6.45) is 3.42. The second-order valence-corrected chi connectivity index (χ2v) is 5.50. The number of benzene rings is 1. The number of nitriles is 1. The molecule has 0 radical (unpaired) electrons. The van der Waals surface area contributed by atoms with Gasteiger partial charge < -0.3 is 5.32 Å². The van der Waals surface area contributed by atoms with Crippen LogP contribution in [0.2, 0.25) is 0 Å². The normalized spacial score (nSPS) is 10.0. The number of hydrogen-bond donors (Lipinski definition) is 1. The van der Waals surface area contributed by atoms with Gasteiger partial charge in [0.05, 0.1) is 5.56 Å². The van der Waals surface area contributed by atoms with Gasteiger partial charge in [0.2, 0.25) is 0 Å². The molecule has 3 aromatic rings. The molecule has 5 heteroatoms. The summed E-state index contributed by atoms with van der Waals surface area (Å²) in [6, 6.07) is 17.5. The Balaban J connectivity index is 1.95. The van der Waals surface area contributed by atoms with Crippen LogP contribution in [0.25, 0.3) is 11.1 Å². The summed E-state index contributed by atoms with van der Waals surface area (Å²) in [7, 11) is 0. The quantitative estimate of drug-likeness (QED) is 0.754. The zero-order valence-corrected chi connectivity index (χ0v) is 13.1. The molecule has 0 aliphatic carbocycles. The maximum Gasteiger partial charge on any atom is 0.149 e. The molecule has 0 saturated heterocycles. The third-order valence-electron chi connectivity index (χ3n) is 3.08. The number of anilines is 2. The molecular weight excluding hydrogens is 340 g/mol. The Kier molecular flexibility index (Phi) is 4.12. The molecule has 0 atom stereocenters. The molecule has 3 rings (SSSR count). The fraction of sp³-hybridized carbons (Fsp3) is 0. The first-order valence-electron chi connectivity index (χ1n) is 6.60. The zero-order valence-electron chi connectivity index (χ0n) is 11.5. The van der Waals surface area contributed by atoms with Crippen LogP contribution >= 0.6 is 15.9 Å². The summed E-state index contributed by atoms with van der Waals surface area (Å²) >= 11 is 3.39. The van der Waals surface area contributed by atoms with Crippen molar-refractivity contribution in [3.63, 3.8) is 0 Å². The first kappa shape index (κ1) is 14.2. The van der Waals surface area contributed by atoms with Crippen LogP contribution in [0, 0.1) is 11.3 Å². The Morgan fingerprint density at radius 1 is 1.00 bits per heavy atom. The van der Waals surface area contributed by atoms with E-state index in [9.17, 15) is 5.26 Å². The second kappa shape index (κ2) is 6.37. The fourth-order valence-corrected chi connectivity index (χ4v) is 2.37. The molecule has 2 aromatic heterocycles. The molecule has 0 bridgehead atoms. The van der Waals surface area contributed by atoms with Crippen LogP contribution in [0.15, 0.2) is 65.4 Å². The number of hydrogen-bond acceptors (Lipinski definition) is 4. The number of aromatic nitrogens is 2. The summed E-state index contributed by atoms with van der Waals surface area (Å²) < 4.78 is 0.907. The first-order valence-corrected chi connectivity index (χ1v) is 7.40. The van der Waals surface area contributed by atoms with Crippen LogP contribution < -0.4 is 5.32 Å². The van der Waals surface area contributed by atoms with Crippen molar-refractivity contribution in [1.29, 1.82) is 5.26 Å². The maximum absolute atomic E-state index is 9.36. The third kappa shape index (κ3) is 3.13. The Bertz CT molecular complexity index is 841. The number of pyridine rings is 2. The Hall–Kier alpha value is -2.71. The molecule has 0 amide bonds. The van der Waals surface area contributed by atoms with Gasteiger partial charge in [-0.1, -0.05) is 46.3 Å². The fourth-order valence-electron chi connectivity index (χ4n) is 2.03. The van der Waals surface area contributed by atoms with E-state index in [0.29, 0.717) is 17.2 Å². The monoisotopic (exact) mass is 350 g/mol. The van der Waals surface area contributed by atoms with Crippen molar-refractivity contribution < 1.29 is 0 Å². The van der Waals surface area contributed by atoms with Crippen molar-refractivity contribution in [3.8, 4) is 17.2 Å². The van der Waals surface area contributed by atoms with Crippen LogP contribution in [0.3, 0.4) is 0 Å². The summed E-state index contributed by atoms with van der Waals surface area (Å²) in [6.45, 7) is 0. The summed E-state index contributed by atoms with van der Waals surface area (Å²) in [5.74, 6) is 1.12. The molecule has 0 aliphatic heterocycles. The molecule has 0 fully saturated rings. The largest absolute Gasteiger partial charge is 0.324 e. The van der Waals surface area contributed by atoms with E-state index in [0.717, 1.165) is 15.6 Å². The highest BCUT2D eigenvalue weighted by molar-refractivity contribution is 9.10. The van der Waals surface area contributed by atoms with E-state index >= 15 is 0 Å². The van der Waals surface area contributed by atoms with Gasteiger partial charge in [-0.2, -0.15) is 5.26 Å². The maximum atomic E-state index is 9.36. The van der Waals surface area contributed by atoms with E-state index in [-0.39, 0.29) is 0 Å². The highest BCUT2D eigenvalue weighted by atomic mass is 79.9. The predicted molar refractivity (Wildman–Crippen MR) is 89.6 cm³/mol. The van der Waals surface area contributed by atoms with Crippen molar-refractivity contribution in [1.82, 2.24) is 9.97 Å². The van der Waals surface area contributed by atoms with Crippen LogP contribution in [0.5, 0.6) is 0 Å². The Morgan fingerprint density at radius 3 is 2.55 bits per heavy atom. The molecule has 0 saturated carbocycles. The average molecular weight is 351 g/mol. The predicted octanol–water partition coefficient (Wildman–Crippen LogP) is 4.52. The van der Waals surface area contributed by atoms with E-state index in [1.54, 1.807) is 12.4 Å². The van der Waals surface area contributed by atoms with Gasteiger partial charge in [0.15, 0.2) is 0 Å². The highest BCUT2D eigenvalue weighted by Gasteiger charge is 2.08. The van der Waals surface area contributed by atoms with E-state index in [4.69, 9.17) is 0 Å². The lowest BCUT2D eigenvalue weighted by Gasteiger charge is -2.08. The van der Waals surface area contributed by atoms with E-state index < -0.39 is 0 Å². The molecule has 0 unspecified atom stereocenters. The van der Waals surface area contributed by atoms with Gasteiger partial charge >= 0.3 is 0 Å². The number of nitrogens with one attached hydrogen (secondary N) is 1. The zero-order chi connectivity index (χ0) is 15.4. The van der Waals surface area contributed by atoms with Crippen LogP contribution in [0.1, 0.15) is 5.56 Å². The minimum absolute atomic E-state index is 0.475. The lowest BCUT2D eigenvalue weighted by atomic mass is 10.1. The molecule has 1 aromatic carbocycles. The molecule has 106 valence electrons. The minimum atomic E-state index is 0.475. The third-order valence-corrected chi connectivity index (χ3v) is 3.58. The van der Waals surface area contributed by atoms with E-state index in [2.05, 4.69) is 37.3 Å². The van der Waals surface area contributed by atoms with Crippen LogP contribution in [-0.2, 0) is 0 Å². The summed E-state index contributed by atoms with van der Waals surface area (Å²) in [5.41, 5.74) is 2.41. The molecule has 2 heterocycles. The van der Waals surface area contributed by atoms with Gasteiger partial charge in [-0.15, -0.1) is 0 Å². The molecular formula is C17H11BrN4. The smallest absolute Gasteiger partial charge is 0.149 e. The molecule has 0 aliphatic rings. The van der Waals surface area contributed by atoms with Crippen molar-refractivity contribution in [2.75, 3.05) is 5.32 Å². The van der Waals surface area contributed by atoms with Gasteiger partial charge in [-0.3, -0.25) is 0 Å². The van der Waals surface area contributed by atoms with Crippen LogP contribution in [0.4, 0.5) is 11.6 Å². The summed E-state index contributed by atoms with van der Waals surface area (Å²) in [5, 5.41) is 12.4. The average Bonchev–Trinajstić information content (AvgIpc) is 2.56. The molecule has 1 N–H and O–H groups in total. The molecule has 4 nitrogen and oxygen atoms in total. The lowest BCUT2D eigenvalue weighted by molar-refractivity contribution is 1.24. The van der Waals surface area contributed by atoms with Gasteiger partial charge in [0.1, 0.15) is 17.7 Å². The summed E-state index contributed by atoms with van der Waals surface area (Å²) in [4.78, 5) is 8.56. The van der Waals surface area contributed by atoms with Crippen LogP contribution in [-0.4, -0.2) is 9.97 Å². The highest BCUT2D eigenvalue weighted by Crippen LogP contribution is 2.24. The van der Waals surface area contributed by atoms with Gasteiger partial charge in [0.25, 0.3) is 0 Å². The molecule has 22 heavy (non-hydrogen) atoms.